The van der Waals surface area contributed by atoms with Crippen molar-refractivity contribution in [3.63, 3.8) is 0 Å². The minimum absolute atomic E-state index is 0.155. The van der Waals surface area contributed by atoms with Crippen molar-refractivity contribution in [2.75, 3.05) is 37.8 Å². The summed E-state index contributed by atoms with van der Waals surface area (Å²) in [5.41, 5.74) is 2.92. The number of ether oxygens (including phenoxy) is 1. The monoisotopic (exact) mass is 352 g/mol. The van der Waals surface area contributed by atoms with E-state index in [1.807, 2.05) is 54.6 Å². The van der Waals surface area contributed by atoms with Crippen molar-refractivity contribution in [1.29, 1.82) is 0 Å². The molecule has 26 heavy (non-hydrogen) atoms. The number of amides is 1. The third-order valence-electron chi connectivity index (χ3n) is 4.37. The number of carbonyl (C=O) groups excluding carboxylic acids is 1. The molecule has 0 radical (unpaired) electrons. The summed E-state index contributed by atoms with van der Waals surface area (Å²) >= 11 is 0. The second kappa shape index (κ2) is 9.17. The number of nitrogens with zero attached hydrogens (tertiary/aromatic N) is 1. The first-order valence-corrected chi connectivity index (χ1v) is 8.83. The van der Waals surface area contributed by atoms with Gasteiger partial charge in [-0.05, 0) is 29.3 Å². The SMILES string of the molecule is O=C(C=Cc1ccccc1)NC(CO)c1cccc(N2CCOCC2)c1. The van der Waals surface area contributed by atoms with E-state index in [1.54, 1.807) is 6.08 Å². The van der Waals surface area contributed by atoms with Crippen LogP contribution in [0.5, 0.6) is 0 Å². The van der Waals surface area contributed by atoms with E-state index in [-0.39, 0.29) is 12.5 Å². The molecule has 2 aromatic rings. The topological polar surface area (TPSA) is 61.8 Å². The first kappa shape index (κ1) is 18.2. The maximum absolute atomic E-state index is 12.2. The van der Waals surface area contributed by atoms with Gasteiger partial charge >= 0.3 is 0 Å². The summed E-state index contributed by atoms with van der Waals surface area (Å²) in [5, 5.41) is 12.6. The van der Waals surface area contributed by atoms with Crippen molar-refractivity contribution >= 4 is 17.7 Å². The van der Waals surface area contributed by atoms with Crippen molar-refractivity contribution < 1.29 is 14.6 Å². The van der Waals surface area contributed by atoms with Crippen LogP contribution < -0.4 is 10.2 Å². The lowest BCUT2D eigenvalue weighted by Gasteiger charge is -2.29. The Labute approximate surface area is 153 Å². The average Bonchev–Trinajstić information content (AvgIpc) is 2.72. The molecule has 0 saturated carbocycles. The van der Waals surface area contributed by atoms with Gasteiger partial charge in [0.2, 0.25) is 5.91 Å². The van der Waals surface area contributed by atoms with E-state index in [1.165, 1.54) is 6.08 Å². The molecule has 0 spiro atoms. The lowest BCUT2D eigenvalue weighted by Crippen LogP contribution is -2.36. The summed E-state index contributed by atoms with van der Waals surface area (Å²) in [6, 6.07) is 17.1. The molecule has 1 atom stereocenters. The van der Waals surface area contributed by atoms with Gasteiger partial charge in [0.1, 0.15) is 0 Å². The summed E-state index contributed by atoms with van der Waals surface area (Å²) in [7, 11) is 0. The third kappa shape index (κ3) is 4.94. The van der Waals surface area contributed by atoms with Crippen LogP contribution >= 0.6 is 0 Å². The molecule has 1 fully saturated rings. The molecular formula is C21H24N2O3. The predicted octanol–water partition coefficient (Wildman–Crippen LogP) is 2.39. The molecule has 136 valence electrons. The largest absolute Gasteiger partial charge is 0.394 e. The quantitative estimate of drug-likeness (QED) is 0.784. The minimum Gasteiger partial charge on any atom is -0.394 e. The first-order chi connectivity index (χ1) is 12.8. The lowest BCUT2D eigenvalue weighted by molar-refractivity contribution is -0.117. The number of rotatable bonds is 6. The first-order valence-electron chi connectivity index (χ1n) is 8.83. The van der Waals surface area contributed by atoms with E-state index >= 15 is 0 Å². The fourth-order valence-electron chi connectivity index (χ4n) is 2.95. The molecule has 2 N–H and O–H groups in total. The number of morpholine rings is 1. The molecule has 5 heteroatoms. The number of anilines is 1. The van der Waals surface area contributed by atoms with E-state index in [9.17, 15) is 9.90 Å². The maximum atomic E-state index is 12.2. The van der Waals surface area contributed by atoms with Crippen molar-refractivity contribution in [3.05, 3.63) is 71.8 Å². The van der Waals surface area contributed by atoms with Gasteiger partial charge in [-0.3, -0.25) is 4.79 Å². The summed E-state index contributed by atoms with van der Waals surface area (Å²) in [6.07, 6.45) is 3.25. The Kier molecular flexibility index (Phi) is 6.41. The normalized spacial score (nSPS) is 15.8. The molecule has 0 aromatic heterocycles. The molecule has 3 rings (SSSR count). The maximum Gasteiger partial charge on any atom is 0.244 e. The van der Waals surface area contributed by atoms with Gasteiger partial charge in [-0.25, -0.2) is 0 Å². The summed E-state index contributed by atoms with van der Waals surface area (Å²) < 4.78 is 5.39. The molecule has 0 bridgehead atoms. The average molecular weight is 352 g/mol. The standard InChI is InChI=1S/C21H24N2O3/c24-16-20(22-21(25)10-9-17-5-2-1-3-6-17)18-7-4-8-19(15-18)23-11-13-26-14-12-23/h1-10,15,20,24H,11-14,16H2,(H,22,25). The van der Waals surface area contributed by atoms with Crippen molar-refractivity contribution in [2.45, 2.75) is 6.04 Å². The molecule has 0 aliphatic carbocycles. The Hall–Kier alpha value is -2.63. The van der Waals surface area contributed by atoms with Crippen LogP contribution in [0.2, 0.25) is 0 Å². The van der Waals surface area contributed by atoms with Crippen LogP contribution in [0.25, 0.3) is 6.08 Å². The molecule has 5 nitrogen and oxygen atoms in total. The Bertz CT molecular complexity index is 740. The van der Waals surface area contributed by atoms with Crippen LogP contribution in [0.15, 0.2) is 60.7 Å². The van der Waals surface area contributed by atoms with E-state index in [4.69, 9.17) is 4.74 Å². The highest BCUT2D eigenvalue weighted by molar-refractivity contribution is 5.92. The van der Waals surface area contributed by atoms with Crippen LogP contribution in [0.1, 0.15) is 17.2 Å². The van der Waals surface area contributed by atoms with Crippen molar-refractivity contribution in [2.24, 2.45) is 0 Å². The molecule has 1 aliphatic heterocycles. The number of carbonyl (C=O) groups is 1. The second-order valence-corrected chi connectivity index (χ2v) is 6.18. The van der Waals surface area contributed by atoms with Crippen LogP contribution in [-0.4, -0.2) is 43.9 Å². The van der Waals surface area contributed by atoms with Crippen LogP contribution in [0.3, 0.4) is 0 Å². The van der Waals surface area contributed by atoms with Gasteiger partial charge in [-0.1, -0.05) is 42.5 Å². The van der Waals surface area contributed by atoms with Gasteiger partial charge < -0.3 is 20.1 Å². The van der Waals surface area contributed by atoms with Crippen LogP contribution in [0.4, 0.5) is 5.69 Å². The Morgan fingerprint density at radius 2 is 1.92 bits per heavy atom. The highest BCUT2D eigenvalue weighted by Gasteiger charge is 2.16. The summed E-state index contributed by atoms with van der Waals surface area (Å²) in [4.78, 5) is 14.5. The van der Waals surface area contributed by atoms with Gasteiger partial charge in [0.15, 0.2) is 0 Å². The number of hydrogen-bond acceptors (Lipinski definition) is 4. The molecule has 1 saturated heterocycles. The van der Waals surface area contributed by atoms with Gasteiger partial charge in [-0.2, -0.15) is 0 Å². The second-order valence-electron chi connectivity index (χ2n) is 6.18. The van der Waals surface area contributed by atoms with Crippen molar-refractivity contribution in [3.8, 4) is 0 Å². The van der Waals surface area contributed by atoms with Crippen LogP contribution in [-0.2, 0) is 9.53 Å². The van der Waals surface area contributed by atoms with Crippen molar-refractivity contribution in [1.82, 2.24) is 5.32 Å². The Morgan fingerprint density at radius 3 is 2.65 bits per heavy atom. The number of hydrogen-bond donors (Lipinski definition) is 2. The molecule has 1 amide bonds. The Balaban J connectivity index is 1.66. The zero-order valence-corrected chi connectivity index (χ0v) is 14.7. The Morgan fingerprint density at radius 1 is 1.15 bits per heavy atom. The third-order valence-corrected chi connectivity index (χ3v) is 4.37. The van der Waals surface area contributed by atoms with Crippen LogP contribution in [0, 0.1) is 0 Å². The van der Waals surface area contributed by atoms with E-state index in [2.05, 4.69) is 10.2 Å². The molecular weight excluding hydrogens is 328 g/mol. The van der Waals surface area contributed by atoms with E-state index < -0.39 is 6.04 Å². The zero-order chi connectivity index (χ0) is 18.2. The molecule has 2 aromatic carbocycles. The molecule has 1 aliphatic rings. The lowest BCUT2D eigenvalue weighted by atomic mass is 10.1. The molecule has 1 unspecified atom stereocenters. The van der Waals surface area contributed by atoms with Gasteiger partial charge in [-0.15, -0.1) is 0 Å². The van der Waals surface area contributed by atoms with Gasteiger partial charge in [0.05, 0.1) is 25.9 Å². The number of benzene rings is 2. The van der Waals surface area contributed by atoms with Gasteiger partial charge in [0.25, 0.3) is 0 Å². The highest BCUT2D eigenvalue weighted by atomic mass is 16.5. The molecule has 1 heterocycles. The fourth-order valence-corrected chi connectivity index (χ4v) is 2.95. The van der Waals surface area contributed by atoms with E-state index in [0.717, 1.165) is 29.9 Å². The zero-order valence-electron chi connectivity index (χ0n) is 14.7. The summed E-state index contributed by atoms with van der Waals surface area (Å²) in [6.45, 7) is 2.97. The highest BCUT2D eigenvalue weighted by Crippen LogP contribution is 2.21. The number of nitrogens with one attached hydrogen (secondary N) is 1. The number of aliphatic hydroxyl groups is 1. The van der Waals surface area contributed by atoms with Gasteiger partial charge in [0, 0.05) is 24.9 Å². The number of aliphatic hydroxyl groups excluding tert-OH is 1. The predicted molar refractivity (Wildman–Crippen MR) is 103 cm³/mol. The fraction of sp³-hybridized carbons (Fsp3) is 0.286. The minimum atomic E-state index is -0.441. The van der Waals surface area contributed by atoms with E-state index in [0.29, 0.717) is 13.2 Å². The summed E-state index contributed by atoms with van der Waals surface area (Å²) in [5.74, 6) is -0.232. The smallest absolute Gasteiger partial charge is 0.244 e.